The zero-order chi connectivity index (χ0) is 26.2. The van der Waals surface area contributed by atoms with E-state index < -0.39 is 28.5 Å². The van der Waals surface area contributed by atoms with Crippen molar-refractivity contribution in [1.29, 1.82) is 0 Å². The third-order valence-corrected chi connectivity index (χ3v) is 7.19. The van der Waals surface area contributed by atoms with Crippen LogP contribution in [0.1, 0.15) is 32.8 Å². The van der Waals surface area contributed by atoms with Crippen molar-refractivity contribution in [2.75, 3.05) is 30.8 Å². The summed E-state index contributed by atoms with van der Waals surface area (Å²) in [6.45, 7) is 5.27. The molecule has 0 spiro atoms. The van der Waals surface area contributed by atoms with E-state index in [1.54, 1.807) is 6.92 Å². The summed E-state index contributed by atoms with van der Waals surface area (Å²) in [5.74, 6) is -0.403. The van der Waals surface area contributed by atoms with Gasteiger partial charge in [-0.1, -0.05) is 48.9 Å². The third-order valence-electron chi connectivity index (χ3n) is 5.76. The van der Waals surface area contributed by atoms with E-state index in [0.29, 0.717) is 12.2 Å². The Hall–Kier alpha value is -2.78. The first-order valence-electron chi connectivity index (χ1n) is 11.4. The number of halogens is 1. The Morgan fingerprint density at radius 1 is 1.11 bits per heavy atom. The lowest BCUT2D eigenvalue weighted by Crippen LogP contribution is -2.53. The number of nitrogens with one attached hydrogen (secondary N) is 1. The van der Waals surface area contributed by atoms with Crippen molar-refractivity contribution in [3.63, 3.8) is 0 Å². The average Bonchev–Trinajstić information content (AvgIpc) is 2.82. The number of amides is 2. The second-order valence-electron chi connectivity index (χ2n) is 8.41. The second-order valence-corrected chi connectivity index (χ2v) is 10.7. The number of anilines is 1. The highest BCUT2D eigenvalue weighted by Crippen LogP contribution is 2.30. The van der Waals surface area contributed by atoms with Crippen molar-refractivity contribution in [1.82, 2.24) is 10.2 Å². The monoisotopic (exact) mass is 523 g/mol. The zero-order valence-corrected chi connectivity index (χ0v) is 22.4. The molecule has 0 saturated heterocycles. The molecule has 1 N–H and O–H groups in total. The van der Waals surface area contributed by atoms with Crippen LogP contribution in [0.25, 0.3) is 0 Å². The van der Waals surface area contributed by atoms with Crippen LogP contribution in [-0.4, -0.2) is 63.7 Å². The van der Waals surface area contributed by atoms with Gasteiger partial charge in [0.25, 0.3) is 0 Å². The molecule has 0 unspecified atom stereocenters. The molecule has 0 aliphatic carbocycles. The molecule has 0 bridgehead atoms. The minimum Gasteiger partial charge on any atom is -0.495 e. The standard InChI is InChI=1S/C25H34ClN3O5S/c1-6-18(2)27-25(31)19(3)28(15-14-20-10-8-7-9-11-20)24(30)17-29(35(5,32)33)21-12-13-23(34-4)22(26)16-21/h7-13,16,18-19H,6,14-15,17H2,1-5H3,(H,27,31)/t18-,19+/m0/s1. The molecule has 8 nitrogen and oxygen atoms in total. The molecule has 0 aliphatic rings. The summed E-state index contributed by atoms with van der Waals surface area (Å²) in [7, 11) is -2.38. The fraction of sp³-hybridized carbons (Fsp3) is 0.440. The minimum atomic E-state index is -3.83. The molecule has 2 atom stereocenters. The van der Waals surface area contributed by atoms with E-state index in [-0.39, 0.29) is 29.2 Å². The van der Waals surface area contributed by atoms with Gasteiger partial charge in [-0.15, -0.1) is 0 Å². The van der Waals surface area contributed by atoms with Crippen molar-refractivity contribution in [2.45, 2.75) is 45.7 Å². The molecule has 2 amide bonds. The molecule has 0 aromatic heterocycles. The number of sulfonamides is 1. The van der Waals surface area contributed by atoms with Gasteiger partial charge >= 0.3 is 0 Å². The molecule has 2 rings (SSSR count). The predicted octanol–water partition coefficient (Wildman–Crippen LogP) is 3.49. The largest absolute Gasteiger partial charge is 0.495 e. The number of hydrogen-bond donors (Lipinski definition) is 1. The molecule has 2 aromatic carbocycles. The SMILES string of the molecule is CC[C@H](C)NC(=O)[C@@H](C)N(CCc1ccccc1)C(=O)CN(c1ccc(OC)c(Cl)c1)S(C)(=O)=O. The maximum Gasteiger partial charge on any atom is 0.244 e. The summed E-state index contributed by atoms with van der Waals surface area (Å²) < 4.78 is 31.4. The molecular formula is C25H34ClN3O5S. The molecule has 0 saturated carbocycles. The summed E-state index contributed by atoms with van der Waals surface area (Å²) >= 11 is 6.20. The summed E-state index contributed by atoms with van der Waals surface area (Å²) in [6.07, 6.45) is 2.28. The van der Waals surface area contributed by atoms with Gasteiger partial charge in [-0.3, -0.25) is 13.9 Å². The maximum atomic E-state index is 13.5. The topological polar surface area (TPSA) is 96.0 Å². The Balaban J connectivity index is 2.34. The van der Waals surface area contributed by atoms with E-state index in [1.165, 1.54) is 30.2 Å². The second kappa shape index (κ2) is 12.8. The van der Waals surface area contributed by atoms with Crippen LogP contribution in [0.5, 0.6) is 5.75 Å². The van der Waals surface area contributed by atoms with Crippen LogP contribution >= 0.6 is 11.6 Å². The van der Waals surface area contributed by atoms with Crippen molar-refractivity contribution in [3.8, 4) is 5.75 Å². The minimum absolute atomic E-state index is 0.0509. The predicted molar refractivity (Wildman–Crippen MR) is 139 cm³/mol. The highest BCUT2D eigenvalue weighted by molar-refractivity contribution is 7.92. The maximum absolute atomic E-state index is 13.5. The van der Waals surface area contributed by atoms with Crippen LogP contribution < -0.4 is 14.4 Å². The van der Waals surface area contributed by atoms with Gasteiger partial charge < -0.3 is 15.0 Å². The summed E-state index contributed by atoms with van der Waals surface area (Å²) in [5.41, 5.74) is 1.23. The average molecular weight is 524 g/mol. The lowest BCUT2D eigenvalue weighted by Gasteiger charge is -2.32. The lowest BCUT2D eigenvalue weighted by molar-refractivity contribution is -0.139. The molecule has 192 valence electrons. The van der Waals surface area contributed by atoms with Crippen molar-refractivity contribution in [3.05, 3.63) is 59.1 Å². The molecule has 10 heteroatoms. The number of nitrogens with zero attached hydrogens (tertiary/aromatic N) is 2. The van der Waals surface area contributed by atoms with Crippen LogP contribution in [0, 0.1) is 0 Å². The van der Waals surface area contributed by atoms with E-state index >= 15 is 0 Å². The van der Waals surface area contributed by atoms with Gasteiger partial charge in [0.2, 0.25) is 21.8 Å². The fourth-order valence-corrected chi connectivity index (χ4v) is 4.55. The highest BCUT2D eigenvalue weighted by Gasteiger charge is 2.30. The Labute approximate surface area is 213 Å². The fourth-order valence-electron chi connectivity index (χ4n) is 3.46. The van der Waals surface area contributed by atoms with E-state index in [9.17, 15) is 18.0 Å². The van der Waals surface area contributed by atoms with Gasteiger partial charge in [0.1, 0.15) is 18.3 Å². The Morgan fingerprint density at radius 2 is 1.77 bits per heavy atom. The van der Waals surface area contributed by atoms with Gasteiger partial charge in [-0.25, -0.2) is 8.42 Å². The molecule has 0 radical (unpaired) electrons. The Bertz CT molecular complexity index is 1110. The van der Waals surface area contributed by atoms with Crippen LogP contribution in [-0.2, 0) is 26.0 Å². The highest BCUT2D eigenvalue weighted by atomic mass is 35.5. The zero-order valence-electron chi connectivity index (χ0n) is 20.8. The number of carbonyl (C=O) groups is 2. The van der Waals surface area contributed by atoms with Crippen molar-refractivity contribution < 1.29 is 22.7 Å². The number of carbonyl (C=O) groups excluding carboxylic acids is 2. The Morgan fingerprint density at radius 3 is 2.31 bits per heavy atom. The summed E-state index contributed by atoms with van der Waals surface area (Å²) in [4.78, 5) is 27.8. The molecule has 35 heavy (non-hydrogen) atoms. The van der Waals surface area contributed by atoms with Crippen LogP contribution in [0.3, 0.4) is 0 Å². The molecular weight excluding hydrogens is 490 g/mol. The first-order chi connectivity index (χ1) is 16.5. The van der Waals surface area contributed by atoms with Crippen LogP contribution in [0.2, 0.25) is 5.02 Å². The van der Waals surface area contributed by atoms with E-state index in [4.69, 9.17) is 16.3 Å². The normalized spacial score (nSPS) is 13.0. The molecule has 0 aliphatic heterocycles. The van der Waals surface area contributed by atoms with E-state index in [1.807, 2.05) is 44.2 Å². The first-order valence-corrected chi connectivity index (χ1v) is 13.7. The van der Waals surface area contributed by atoms with Gasteiger partial charge in [0.15, 0.2) is 0 Å². The lowest BCUT2D eigenvalue weighted by atomic mass is 10.1. The summed E-state index contributed by atoms with van der Waals surface area (Å²) in [5, 5.41) is 3.12. The van der Waals surface area contributed by atoms with Gasteiger partial charge in [-0.2, -0.15) is 0 Å². The summed E-state index contributed by atoms with van der Waals surface area (Å²) in [6, 6.07) is 13.2. The van der Waals surface area contributed by atoms with Crippen LogP contribution in [0.4, 0.5) is 5.69 Å². The first kappa shape index (κ1) is 28.5. The number of ether oxygens (including phenoxy) is 1. The van der Waals surface area contributed by atoms with Crippen molar-refractivity contribution in [2.24, 2.45) is 0 Å². The number of rotatable bonds is 12. The van der Waals surface area contributed by atoms with Crippen molar-refractivity contribution >= 4 is 39.1 Å². The third kappa shape index (κ3) is 8.14. The van der Waals surface area contributed by atoms with E-state index in [2.05, 4.69) is 5.32 Å². The van der Waals surface area contributed by atoms with Gasteiger partial charge in [-0.05, 0) is 50.5 Å². The molecule has 2 aromatic rings. The quantitative estimate of drug-likeness (QED) is 0.459. The van der Waals surface area contributed by atoms with Crippen LogP contribution in [0.15, 0.2) is 48.5 Å². The van der Waals surface area contributed by atoms with Gasteiger partial charge in [0.05, 0.1) is 24.1 Å². The number of benzene rings is 2. The number of methoxy groups -OCH3 is 1. The van der Waals surface area contributed by atoms with Gasteiger partial charge in [0, 0.05) is 12.6 Å². The molecule has 0 heterocycles. The Kier molecular flexibility index (Phi) is 10.4. The van der Waals surface area contributed by atoms with E-state index in [0.717, 1.165) is 22.5 Å². The smallest absolute Gasteiger partial charge is 0.244 e. The molecule has 0 fully saturated rings. The number of hydrogen-bond acceptors (Lipinski definition) is 5.